The number of carbonyl (C=O) groups is 1. The second-order valence-electron chi connectivity index (χ2n) is 23.4. The monoisotopic (exact) mass is 1060 g/mol. The molecule has 0 aromatic heterocycles. The number of ether oxygens (including phenoxy) is 11. The highest BCUT2D eigenvalue weighted by Gasteiger charge is 2.72. The third kappa shape index (κ3) is 9.07. The van der Waals surface area contributed by atoms with Crippen LogP contribution in [0.15, 0.2) is 23.8 Å². The van der Waals surface area contributed by atoms with Crippen molar-refractivity contribution >= 4 is 5.97 Å². The van der Waals surface area contributed by atoms with Crippen LogP contribution >= 0.6 is 0 Å². The number of allylic oxidation sites excluding steroid dienone is 1. The van der Waals surface area contributed by atoms with Gasteiger partial charge in [-0.15, -0.1) is 0 Å². The first-order valence-corrected chi connectivity index (χ1v) is 26.4. The SMILES string of the molecule is C=C1CO[C@@]2(O[C@H]3C[C@H]4[C@@H]5CC=C6C[C@@H](O)C[C@@H](O[C@@H]7OC[C@H](O)[C@H](O[C@@H]8OC[C@@H](O)[C@H](O)[C@H]8O)[C@H]7O[C@@H]7O[C@@H](C)[C@H](OC(C)=O)[C@@H](O)[C@H]7O)[C@]6(C)[C@H]5CC[C@]4(C)[C@H]3[C@@H]2C)[C@@H](O)[C@H]1O[C@@H]1O[C@H](C)[C@H](O)[C@H](O)[C@H]1O. The lowest BCUT2D eigenvalue weighted by Gasteiger charge is -2.60. The minimum absolute atomic E-state index is 0.00302. The zero-order valence-corrected chi connectivity index (χ0v) is 42.6. The summed E-state index contributed by atoms with van der Waals surface area (Å²) in [5.74, 6) is -2.33. The van der Waals surface area contributed by atoms with Crippen LogP contribution in [0.25, 0.3) is 0 Å². The number of carbonyl (C=O) groups excluding carboxylic acids is 1. The number of aliphatic hydroxyl groups excluding tert-OH is 11. The van der Waals surface area contributed by atoms with Crippen LogP contribution in [0.1, 0.15) is 80.1 Å². The molecule has 10 aliphatic rings. The van der Waals surface area contributed by atoms with Gasteiger partial charge in [0, 0.05) is 24.7 Å². The molecule has 11 N–H and O–H groups in total. The Hall–Kier alpha value is -1.89. The zero-order chi connectivity index (χ0) is 53.2. The van der Waals surface area contributed by atoms with E-state index in [-0.39, 0.29) is 60.7 Å². The summed E-state index contributed by atoms with van der Waals surface area (Å²) in [5.41, 5.74) is 0.439. The first-order chi connectivity index (χ1) is 34.9. The predicted molar refractivity (Wildman–Crippen MR) is 247 cm³/mol. The van der Waals surface area contributed by atoms with Crippen LogP contribution in [0.5, 0.6) is 0 Å². The molecule has 10 rings (SSSR count). The lowest BCUT2D eigenvalue weighted by molar-refractivity contribution is -0.382. The maximum atomic E-state index is 12.2. The molecule has 31 atom stereocenters. The van der Waals surface area contributed by atoms with Crippen molar-refractivity contribution in [2.24, 2.45) is 40.4 Å². The van der Waals surface area contributed by atoms with E-state index in [1.165, 1.54) is 6.92 Å². The van der Waals surface area contributed by atoms with Crippen LogP contribution < -0.4 is 0 Å². The number of esters is 1. The van der Waals surface area contributed by atoms with Crippen LogP contribution in [0.3, 0.4) is 0 Å². The number of fused-ring (bicyclic) bond motifs is 7. The van der Waals surface area contributed by atoms with Gasteiger partial charge in [0.15, 0.2) is 31.3 Å². The summed E-state index contributed by atoms with van der Waals surface area (Å²) in [4.78, 5) is 11.9. The molecule has 6 saturated heterocycles. The van der Waals surface area contributed by atoms with E-state index in [4.69, 9.17) is 52.1 Å². The Morgan fingerprint density at radius 2 is 1.35 bits per heavy atom. The van der Waals surface area contributed by atoms with Gasteiger partial charge in [0.25, 0.3) is 0 Å². The standard InChI is InChI=1S/C51H78O23/c1-18-15-66-51(44(63)40(18)71-46-38(61)35(58)33(56)20(3)67-46)19(2)32-30(74-51)14-27-25-9-8-23-12-24(53)13-31(50(23,7)26(25)10-11-49(27,32)6)70-48-43(73-47-39(62)36(59)41(21(4)68-47)69-22(5)52)42(29(55)17-65-48)72-45-37(60)34(57)28(54)16-64-45/h8,19-21,24-48,53-63H,1,9-17H2,2-7H3/t19-,20+,21-,24+,25+,26-,27-,28+,29-,30-,31+,32-,33-,34-,35-,36-,37+,38+,39+,40-,41-,42-,43+,44-,45-,46-,47-,48-,49-,50-,51-/m0/s1. The minimum Gasteiger partial charge on any atom is -0.457 e. The molecule has 6 heterocycles. The van der Waals surface area contributed by atoms with Gasteiger partial charge in [0.05, 0.1) is 50.3 Å². The van der Waals surface area contributed by atoms with Gasteiger partial charge in [-0.1, -0.05) is 39.0 Å². The molecule has 6 aliphatic heterocycles. The number of hydrogen-bond donors (Lipinski definition) is 11. The summed E-state index contributed by atoms with van der Waals surface area (Å²) in [6.07, 6.45) is -25.0. The van der Waals surface area contributed by atoms with Gasteiger partial charge < -0.3 is 108 Å². The summed E-state index contributed by atoms with van der Waals surface area (Å²) < 4.78 is 68.0. The highest BCUT2D eigenvalue weighted by Crippen LogP contribution is 2.71. The molecule has 0 bridgehead atoms. The average molecular weight is 1060 g/mol. The average Bonchev–Trinajstić information content (AvgIpc) is 3.87. The van der Waals surface area contributed by atoms with Crippen molar-refractivity contribution in [1.82, 2.24) is 0 Å². The number of aliphatic hydroxyl groups is 11. The second kappa shape index (κ2) is 20.6. The minimum atomic E-state index is -1.81. The quantitative estimate of drug-likeness (QED) is 0.0858. The lowest BCUT2D eigenvalue weighted by Crippen LogP contribution is -2.65. The van der Waals surface area contributed by atoms with Gasteiger partial charge >= 0.3 is 5.97 Å². The molecule has 3 saturated carbocycles. The molecule has 420 valence electrons. The number of hydrogen-bond acceptors (Lipinski definition) is 23. The Morgan fingerprint density at radius 3 is 2.08 bits per heavy atom. The van der Waals surface area contributed by atoms with E-state index in [2.05, 4.69) is 26.5 Å². The van der Waals surface area contributed by atoms with Crippen LogP contribution in [-0.2, 0) is 56.9 Å². The van der Waals surface area contributed by atoms with Crippen molar-refractivity contribution in [1.29, 1.82) is 0 Å². The molecule has 4 aliphatic carbocycles. The van der Waals surface area contributed by atoms with E-state index >= 15 is 0 Å². The zero-order valence-electron chi connectivity index (χ0n) is 42.6. The van der Waals surface area contributed by atoms with Gasteiger partial charge in [0.1, 0.15) is 79.4 Å². The summed E-state index contributed by atoms with van der Waals surface area (Å²) in [6, 6.07) is 0. The van der Waals surface area contributed by atoms with Crippen molar-refractivity contribution in [3.63, 3.8) is 0 Å². The summed E-state index contributed by atoms with van der Waals surface area (Å²) in [5, 5.41) is 121. The molecule has 23 nitrogen and oxygen atoms in total. The van der Waals surface area contributed by atoms with E-state index in [9.17, 15) is 61.0 Å². The van der Waals surface area contributed by atoms with Crippen molar-refractivity contribution in [2.45, 2.75) is 227 Å². The molecule has 0 aromatic carbocycles. The molecule has 23 heteroatoms. The van der Waals surface area contributed by atoms with E-state index < -0.39 is 159 Å². The largest absolute Gasteiger partial charge is 0.457 e. The Kier molecular flexibility index (Phi) is 15.5. The second-order valence-corrected chi connectivity index (χ2v) is 23.4. The topological polar surface area (TPSA) is 341 Å². The predicted octanol–water partition coefficient (Wildman–Crippen LogP) is -2.25. The lowest BCUT2D eigenvalue weighted by atomic mass is 9.46. The van der Waals surface area contributed by atoms with E-state index in [1.807, 2.05) is 6.92 Å². The summed E-state index contributed by atoms with van der Waals surface area (Å²) >= 11 is 0. The maximum absolute atomic E-state index is 12.2. The van der Waals surface area contributed by atoms with E-state index in [0.717, 1.165) is 31.8 Å². The van der Waals surface area contributed by atoms with E-state index in [0.29, 0.717) is 18.4 Å². The molecule has 9 fully saturated rings. The fourth-order valence-electron chi connectivity index (χ4n) is 15.3. The summed E-state index contributed by atoms with van der Waals surface area (Å²) in [7, 11) is 0. The van der Waals surface area contributed by atoms with Crippen LogP contribution in [-0.4, -0.2) is 229 Å². The Balaban J connectivity index is 0.897. The molecule has 0 unspecified atom stereocenters. The number of rotatable bonds is 9. The first-order valence-electron chi connectivity index (χ1n) is 26.4. The first kappa shape index (κ1) is 55.4. The highest BCUT2D eigenvalue weighted by atomic mass is 16.8. The van der Waals surface area contributed by atoms with Gasteiger partial charge in [-0.2, -0.15) is 0 Å². The summed E-state index contributed by atoms with van der Waals surface area (Å²) in [6.45, 7) is 14.0. The van der Waals surface area contributed by atoms with Crippen molar-refractivity contribution in [2.75, 3.05) is 19.8 Å². The third-order valence-electron chi connectivity index (χ3n) is 19.2. The van der Waals surface area contributed by atoms with Crippen molar-refractivity contribution < 1.29 is 113 Å². The molecular weight excluding hydrogens is 981 g/mol. The Bertz CT molecular complexity index is 2080. The Morgan fingerprint density at radius 1 is 0.703 bits per heavy atom. The van der Waals surface area contributed by atoms with Crippen LogP contribution in [0.4, 0.5) is 0 Å². The van der Waals surface area contributed by atoms with Gasteiger partial charge in [-0.05, 0) is 80.6 Å². The molecule has 74 heavy (non-hydrogen) atoms. The van der Waals surface area contributed by atoms with Crippen molar-refractivity contribution in [3.05, 3.63) is 23.8 Å². The third-order valence-corrected chi connectivity index (χ3v) is 19.2. The van der Waals surface area contributed by atoms with Gasteiger partial charge in [-0.25, -0.2) is 0 Å². The van der Waals surface area contributed by atoms with Crippen LogP contribution in [0, 0.1) is 40.4 Å². The molecule has 0 amide bonds. The molecule has 1 spiro atoms. The fourth-order valence-corrected chi connectivity index (χ4v) is 15.3. The fraction of sp³-hybridized carbons (Fsp3) is 0.902. The smallest absolute Gasteiger partial charge is 0.303 e. The Labute approximate surface area is 429 Å². The van der Waals surface area contributed by atoms with E-state index in [1.54, 1.807) is 6.92 Å². The molecular formula is C51H78O23. The van der Waals surface area contributed by atoms with Gasteiger partial charge in [0.2, 0.25) is 5.79 Å². The molecule has 0 aromatic rings. The van der Waals surface area contributed by atoms with Gasteiger partial charge in [-0.3, -0.25) is 4.79 Å². The normalized spacial score (nSPS) is 56.4. The molecule has 0 radical (unpaired) electrons. The maximum Gasteiger partial charge on any atom is 0.303 e. The van der Waals surface area contributed by atoms with Crippen LogP contribution in [0.2, 0.25) is 0 Å². The highest BCUT2D eigenvalue weighted by molar-refractivity contribution is 5.66. The van der Waals surface area contributed by atoms with Crippen molar-refractivity contribution in [3.8, 4) is 0 Å².